The molecule has 0 atom stereocenters. The maximum atomic E-state index is 12.8. The van der Waals surface area contributed by atoms with Crippen LogP contribution in [-0.4, -0.2) is 57.3 Å². The van der Waals surface area contributed by atoms with Crippen LogP contribution < -0.4 is 10.5 Å². The molecule has 0 radical (unpaired) electrons. The first-order valence-corrected chi connectivity index (χ1v) is 10.8. The number of nitrogens with two attached hydrogens (primary N) is 1. The molecule has 1 aromatic carbocycles. The standard InChI is InChI=1S/C17H19ClF3N3O6S/c18-12-2-1-11(17(19,20)21)7-13(12)31(28,29)23-8-15(26)30-9-14(25)24-5-3-10(4-6-24)16(22)27/h1-2,7,10,23H,3-6,8-9H2,(H2,22,27). The Morgan fingerprint density at radius 1 is 1.23 bits per heavy atom. The number of halogens is 4. The number of likely N-dealkylation sites (tertiary alicyclic amines) is 1. The van der Waals surface area contributed by atoms with Crippen LogP contribution in [0.3, 0.4) is 0 Å². The highest BCUT2D eigenvalue weighted by molar-refractivity contribution is 7.89. The molecule has 1 saturated heterocycles. The van der Waals surface area contributed by atoms with E-state index in [4.69, 9.17) is 22.1 Å². The third-order valence-electron chi connectivity index (χ3n) is 4.56. The summed E-state index contributed by atoms with van der Waals surface area (Å²) in [6.45, 7) is -1.08. The summed E-state index contributed by atoms with van der Waals surface area (Å²) in [5, 5.41) is -0.469. The van der Waals surface area contributed by atoms with Crippen LogP contribution in [0.4, 0.5) is 13.2 Å². The summed E-state index contributed by atoms with van der Waals surface area (Å²) < 4.78 is 69.3. The second kappa shape index (κ2) is 9.83. The zero-order valence-electron chi connectivity index (χ0n) is 15.9. The Kier molecular flexibility index (Phi) is 7.89. The van der Waals surface area contributed by atoms with E-state index in [1.165, 1.54) is 4.90 Å². The normalized spacial score (nSPS) is 15.5. The molecule has 2 amide bonds. The highest BCUT2D eigenvalue weighted by Gasteiger charge is 2.33. The highest BCUT2D eigenvalue weighted by Crippen LogP contribution is 2.33. The first-order chi connectivity index (χ1) is 14.3. The number of hydrogen-bond donors (Lipinski definition) is 2. The van der Waals surface area contributed by atoms with E-state index in [0.717, 1.165) is 6.07 Å². The van der Waals surface area contributed by atoms with Crippen molar-refractivity contribution in [3.63, 3.8) is 0 Å². The fourth-order valence-corrected chi connectivity index (χ4v) is 4.31. The minimum atomic E-state index is -4.79. The van der Waals surface area contributed by atoms with Gasteiger partial charge in [0.15, 0.2) is 6.61 Å². The zero-order chi connectivity index (χ0) is 23.4. The largest absolute Gasteiger partial charge is 0.455 e. The van der Waals surface area contributed by atoms with Crippen molar-refractivity contribution in [3.05, 3.63) is 28.8 Å². The number of esters is 1. The molecule has 2 rings (SSSR count). The van der Waals surface area contributed by atoms with E-state index in [2.05, 4.69) is 0 Å². The van der Waals surface area contributed by atoms with E-state index in [-0.39, 0.29) is 19.0 Å². The summed E-state index contributed by atoms with van der Waals surface area (Å²) in [6.07, 6.45) is -4.03. The second-order valence-electron chi connectivity index (χ2n) is 6.69. The molecule has 3 N–H and O–H groups in total. The van der Waals surface area contributed by atoms with E-state index in [1.807, 2.05) is 0 Å². The molecule has 1 aliphatic rings. The summed E-state index contributed by atoms with van der Waals surface area (Å²) in [4.78, 5) is 35.5. The molecule has 9 nitrogen and oxygen atoms in total. The molecule has 1 aliphatic heterocycles. The van der Waals surface area contributed by atoms with Gasteiger partial charge in [-0.25, -0.2) is 8.42 Å². The van der Waals surface area contributed by atoms with Gasteiger partial charge in [-0.05, 0) is 31.0 Å². The van der Waals surface area contributed by atoms with Gasteiger partial charge in [-0.15, -0.1) is 0 Å². The number of hydrogen-bond acceptors (Lipinski definition) is 6. The van der Waals surface area contributed by atoms with E-state index in [1.54, 1.807) is 4.72 Å². The van der Waals surface area contributed by atoms with Gasteiger partial charge in [0, 0.05) is 19.0 Å². The van der Waals surface area contributed by atoms with Crippen molar-refractivity contribution in [1.82, 2.24) is 9.62 Å². The average Bonchev–Trinajstić information content (AvgIpc) is 2.69. The lowest BCUT2D eigenvalue weighted by Crippen LogP contribution is -2.43. The SMILES string of the molecule is NC(=O)C1CCN(C(=O)COC(=O)CNS(=O)(=O)c2cc(C(F)(F)F)ccc2Cl)CC1. The first-order valence-electron chi connectivity index (χ1n) is 8.90. The van der Waals surface area contributed by atoms with Gasteiger partial charge in [0.25, 0.3) is 5.91 Å². The maximum Gasteiger partial charge on any atom is 0.416 e. The van der Waals surface area contributed by atoms with Gasteiger partial charge in [0.1, 0.15) is 11.4 Å². The Balaban J connectivity index is 1.88. The number of alkyl halides is 3. The third kappa shape index (κ3) is 6.80. The van der Waals surface area contributed by atoms with Crippen LogP contribution in [0.25, 0.3) is 0 Å². The highest BCUT2D eigenvalue weighted by atomic mass is 35.5. The van der Waals surface area contributed by atoms with Gasteiger partial charge in [0.05, 0.1) is 10.6 Å². The molecule has 1 aromatic rings. The number of benzene rings is 1. The maximum absolute atomic E-state index is 12.8. The molecule has 0 bridgehead atoms. The number of ether oxygens (including phenoxy) is 1. The van der Waals surface area contributed by atoms with E-state index >= 15 is 0 Å². The zero-order valence-corrected chi connectivity index (χ0v) is 17.5. The van der Waals surface area contributed by atoms with Crippen molar-refractivity contribution in [1.29, 1.82) is 0 Å². The lowest BCUT2D eigenvalue weighted by molar-refractivity contribution is -0.151. The van der Waals surface area contributed by atoms with Crippen LogP contribution >= 0.6 is 11.6 Å². The van der Waals surface area contributed by atoms with Crippen molar-refractivity contribution in [2.75, 3.05) is 26.2 Å². The Hall–Kier alpha value is -2.38. The van der Waals surface area contributed by atoms with Gasteiger partial charge >= 0.3 is 12.1 Å². The molecule has 31 heavy (non-hydrogen) atoms. The predicted octanol–water partition coefficient (Wildman–Crippen LogP) is 0.904. The summed E-state index contributed by atoms with van der Waals surface area (Å²) in [5.41, 5.74) is 3.97. The fraction of sp³-hybridized carbons (Fsp3) is 0.471. The van der Waals surface area contributed by atoms with Crippen molar-refractivity contribution >= 4 is 39.4 Å². The second-order valence-corrected chi connectivity index (χ2v) is 8.83. The van der Waals surface area contributed by atoms with Crippen LogP contribution in [0, 0.1) is 5.92 Å². The molecule has 0 saturated carbocycles. The van der Waals surface area contributed by atoms with Crippen molar-refractivity contribution < 1.29 is 40.7 Å². The molecular weight excluding hydrogens is 467 g/mol. The van der Waals surface area contributed by atoms with Crippen LogP contribution in [0.5, 0.6) is 0 Å². The van der Waals surface area contributed by atoms with Gasteiger partial charge < -0.3 is 15.4 Å². The number of rotatable bonds is 7. The molecule has 172 valence electrons. The van der Waals surface area contributed by atoms with Gasteiger partial charge in [-0.2, -0.15) is 17.9 Å². The number of amides is 2. The predicted molar refractivity (Wildman–Crippen MR) is 101 cm³/mol. The molecular formula is C17H19ClF3N3O6S. The molecule has 0 aliphatic carbocycles. The monoisotopic (exact) mass is 485 g/mol. The summed E-state index contributed by atoms with van der Waals surface area (Å²) in [5.74, 6) is -2.44. The van der Waals surface area contributed by atoms with Crippen molar-refractivity contribution in [2.24, 2.45) is 11.7 Å². The summed E-state index contributed by atoms with van der Waals surface area (Å²) in [7, 11) is -4.56. The van der Waals surface area contributed by atoms with Crippen molar-refractivity contribution in [3.8, 4) is 0 Å². The van der Waals surface area contributed by atoms with E-state index in [0.29, 0.717) is 25.0 Å². The number of nitrogens with one attached hydrogen (secondary N) is 1. The first kappa shape index (κ1) is 24.9. The Morgan fingerprint density at radius 3 is 2.39 bits per heavy atom. The van der Waals surface area contributed by atoms with E-state index < -0.39 is 62.6 Å². The molecule has 0 unspecified atom stereocenters. The number of carbonyl (C=O) groups is 3. The Bertz CT molecular complexity index is 962. The molecule has 0 aromatic heterocycles. The molecule has 1 fully saturated rings. The number of carbonyl (C=O) groups excluding carboxylic acids is 3. The van der Waals surface area contributed by atoms with Gasteiger partial charge in [-0.3, -0.25) is 14.4 Å². The molecule has 1 heterocycles. The quantitative estimate of drug-likeness (QED) is 0.551. The van der Waals surface area contributed by atoms with Crippen LogP contribution in [0.1, 0.15) is 18.4 Å². The average molecular weight is 486 g/mol. The minimum absolute atomic E-state index is 0.255. The topological polar surface area (TPSA) is 136 Å². The number of nitrogens with zero attached hydrogens (tertiary/aromatic N) is 1. The van der Waals surface area contributed by atoms with Crippen LogP contribution in [0.15, 0.2) is 23.1 Å². The fourth-order valence-electron chi connectivity index (χ4n) is 2.82. The third-order valence-corrected chi connectivity index (χ3v) is 6.44. The minimum Gasteiger partial charge on any atom is -0.455 e. The number of sulfonamides is 1. The summed E-state index contributed by atoms with van der Waals surface area (Å²) >= 11 is 5.68. The van der Waals surface area contributed by atoms with Crippen LogP contribution in [-0.2, 0) is 35.3 Å². The lowest BCUT2D eigenvalue weighted by atomic mass is 9.96. The Labute approximate surface area is 180 Å². The molecule has 0 spiro atoms. The Morgan fingerprint density at radius 2 is 1.84 bits per heavy atom. The molecule has 14 heteroatoms. The van der Waals surface area contributed by atoms with Gasteiger partial charge in [0.2, 0.25) is 15.9 Å². The summed E-state index contributed by atoms with van der Waals surface area (Å²) in [6, 6.07) is 1.74. The lowest BCUT2D eigenvalue weighted by Gasteiger charge is -2.30. The van der Waals surface area contributed by atoms with Crippen molar-refractivity contribution in [2.45, 2.75) is 23.9 Å². The van der Waals surface area contributed by atoms with Crippen LogP contribution in [0.2, 0.25) is 5.02 Å². The number of primary amides is 1. The van der Waals surface area contributed by atoms with E-state index in [9.17, 15) is 36.0 Å². The smallest absolute Gasteiger partial charge is 0.416 e. The van der Waals surface area contributed by atoms with Gasteiger partial charge in [-0.1, -0.05) is 11.6 Å². The number of piperidine rings is 1.